The molecule has 290 valence electrons. The van der Waals surface area contributed by atoms with Crippen LogP contribution in [-0.2, 0) is 14.8 Å². The predicted octanol–water partition coefficient (Wildman–Crippen LogP) is 8.20. The van der Waals surface area contributed by atoms with Gasteiger partial charge in [0.1, 0.15) is 12.2 Å². The molecule has 11 nitrogen and oxygen atoms in total. The van der Waals surface area contributed by atoms with Crippen LogP contribution in [0, 0.1) is 24.7 Å². The maximum Gasteiger partial charge on any atom is 0.405 e. The molecule has 0 radical (unpaired) electrons. The molecule has 7 rings (SSSR count). The zero-order valence-electron chi connectivity index (χ0n) is 30.5. The first-order valence-electron chi connectivity index (χ1n) is 17.8. The predicted molar refractivity (Wildman–Crippen MR) is 196 cm³/mol. The van der Waals surface area contributed by atoms with Crippen molar-refractivity contribution in [3.63, 3.8) is 0 Å². The van der Waals surface area contributed by atoms with Crippen molar-refractivity contribution < 1.29 is 43.5 Å². The summed E-state index contributed by atoms with van der Waals surface area (Å²) in [7, 11) is -4.25. The van der Waals surface area contributed by atoms with E-state index in [9.17, 15) is 31.2 Å². The van der Waals surface area contributed by atoms with Gasteiger partial charge in [0.2, 0.25) is 11.8 Å². The molecule has 1 aromatic heterocycles. The number of carbonyl (C=O) groups is 2. The number of alkyl halides is 3. The van der Waals surface area contributed by atoms with Crippen molar-refractivity contribution in [2.24, 2.45) is 16.6 Å². The van der Waals surface area contributed by atoms with Crippen molar-refractivity contribution in [2.75, 3.05) is 11.3 Å². The normalized spacial score (nSPS) is 21.5. The standard InChI is InChI=1S/C33H35F3N4O4S.C5H11NO2.2H2/c1-20-6-3-7-21(2)28(20)26-15-27-38-30(37-26)39-45(42,43)25-9-4-8-22(14-25)29(41)40(23-16-31(17-23)10-5-11-31)24(19-44-27)18-32(12-13-32)33(34,35)36;1-5(2,3)8-4(6)7;;/h3-4,6-9,14-15,23-24H,5,10-13,16-19H2,1-2H3,(H,37,38,39);1-3H3,(H2,6,7);2*1H/t24-;;;/m1.../s1. The number of aryl methyl sites for hydroxylation is 2. The van der Waals surface area contributed by atoms with E-state index in [4.69, 9.17) is 10.5 Å². The number of nitrogens with zero attached hydrogens (tertiary/aromatic N) is 3. The molecule has 3 aliphatic carbocycles. The molecule has 1 aliphatic heterocycles. The highest BCUT2D eigenvalue weighted by Crippen LogP contribution is 2.62. The van der Waals surface area contributed by atoms with E-state index in [1.807, 2.05) is 32.0 Å². The molecule has 3 fully saturated rings. The fraction of sp³-hybridized carbons (Fsp3) is 0.526. The Hall–Kier alpha value is -4.40. The Bertz CT molecular complexity index is 1990. The number of hydrogen-bond donors (Lipinski definition) is 2. The monoisotopic (exact) mass is 761 g/mol. The van der Waals surface area contributed by atoms with Crippen LogP contribution in [0.1, 0.15) is 96.5 Å². The van der Waals surface area contributed by atoms with Gasteiger partial charge < -0.3 is 20.1 Å². The molecule has 3 saturated carbocycles. The molecule has 15 heteroatoms. The van der Waals surface area contributed by atoms with Gasteiger partial charge in [0.05, 0.1) is 22.0 Å². The van der Waals surface area contributed by atoms with Crippen molar-refractivity contribution in [3.8, 4) is 17.1 Å². The van der Waals surface area contributed by atoms with Crippen LogP contribution in [0.4, 0.5) is 23.9 Å². The summed E-state index contributed by atoms with van der Waals surface area (Å²) in [6.07, 6.45) is -0.840. The number of benzene rings is 2. The molecule has 4 aliphatic rings. The number of rotatable bonds is 4. The fourth-order valence-electron chi connectivity index (χ4n) is 7.79. The summed E-state index contributed by atoms with van der Waals surface area (Å²) >= 11 is 0. The Kier molecular flexibility index (Phi) is 9.97. The largest absolute Gasteiger partial charge is 0.475 e. The number of carbonyl (C=O) groups excluding carboxylic acids is 2. The first-order chi connectivity index (χ1) is 24.7. The van der Waals surface area contributed by atoms with Gasteiger partial charge in [-0.25, -0.2) is 22.9 Å². The molecule has 2 aromatic carbocycles. The van der Waals surface area contributed by atoms with Crippen LogP contribution in [-0.4, -0.2) is 65.8 Å². The third-order valence-corrected chi connectivity index (χ3v) is 12.1. The first-order valence-corrected chi connectivity index (χ1v) is 19.3. The summed E-state index contributed by atoms with van der Waals surface area (Å²) in [6, 6.07) is 11.7. The second-order valence-electron chi connectivity index (χ2n) is 15.9. The van der Waals surface area contributed by atoms with Crippen molar-refractivity contribution in [3.05, 3.63) is 65.2 Å². The summed E-state index contributed by atoms with van der Waals surface area (Å²) in [5.41, 5.74) is 5.56. The lowest BCUT2D eigenvalue weighted by Crippen LogP contribution is -2.60. The molecule has 1 atom stereocenters. The molecule has 1 spiro atoms. The van der Waals surface area contributed by atoms with Crippen molar-refractivity contribution in [2.45, 2.75) is 115 Å². The van der Waals surface area contributed by atoms with Crippen LogP contribution >= 0.6 is 0 Å². The van der Waals surface area contributed by atoms with Gasteiger partial charge in [-0.3, -0.25) is 4.79 Å². The lowest BCUT2D eigenvalue weighted by molar-refractivity contribution is -0.194. The highest BCUT2D eigenvalue weighted by Gasteiger charge is 2.64. The molecular weight excluding hydrogens is 712 g/mol. The molecule has 53 heavy (non-hydrogen) atoms. The number of hydrogen-bond acceptors (Lipinski definition) is 8. The smallest absolute Gasteiger partial charge is 0.405 e. The van der Waals surface area contributed by atoms with E-state index in [2.05, 4.69) is 19.4 Å². The van der Waals surface area contributed by atoms with Gasteiger partial charge >= 0.3 is 12.3 Å². The lowest BCUT2D eigenvalue weighted by atomic mass is 9.53. The summed E-state index contributed by atoms with van der Waals surface area (Å²) in [6.45, 7) is 8.86. The second kappa shape index (κ2) is 13.8. The van der Waals surface area contributed by atoms with Crippen molar-refractivity contribution in [1.29, 1.82) is 0 Å². The van der Waals surface area contributed by atoms with E-state index < -0.39 is 45.3 Å². The molecule has 2 amide bonds. The van der Waals surface area contributed by atoms with E-state index in [0.29, 0.717) is 18.5 Å². The highest BCUT2D eigenvalue weighted by molar-refractivity contribution is 7.92. The summed E-state index contributed by atoms with van der Waals surface area (Å²) in [5.74, 6) is -0.731. The maximum absolute atomic E-state index is 14.4. The number of halogens is 3. The lowest BCUT2D eigenvalue weighted by Gasteiger charge is -2.58. The second-order valence-corrected chi connectivity index (χ2v) is 17.6. The minimum atomic E-state index is -4.42. The number of primary amides is 1. The van der Waals surface area contributed by atoms with E-state index >= 15 is 0 Å². The Morgan fingerprint density at radius 1 is 1.04 bits per heavy atom. The van der Waals surface area contributed by atoms with Gasteiger partial charge in [-0.15, -0.1) is 0 Å². The zero-order chi connectivity index (χ0) is 38.6. The summed E-state index contributed by atoms with van der Waals surface area (Å²) in [5, 5.41) is 0. The van der Waals surface area contributed by atoms with E-state index in [0.717, 1.165) is 36.0 Å². The van der Waals surface area contributed by atoms with Gasteiger partial charge in [-0.05, 0) is 114 Å². The SMILES string of the molecule is CC(C)(C)OC(N)=O.Cc1cccc(C)c1-c1cc2nc(n1)NS(=O)(=O)c1cccc(c1)C(=O)N(C1CC3(CCC3)C1)[C@H](CC1(C(F)(F)F)CC1)CO2.[HH].[HH]. The molecule has 3 N–H and O–H groups in total. The first kappa shape index (κ1) is 38.3. The Labute approximate surface area is 310 Å². The quantitative estimate of drug-likeness (QED) is 0.270. The van der Waals surface area contributed by atoms with Crippen molar-refractivity contribution in [1.82, 2.24) is 14.9 Å². The van der Waals surface area contributed by atoms with Gasteiger partial charge in [0.25, 0.3) is 15.9 Å². The van der Waals surface area contributed by atoms with Crippen LogP contribution in [0.5, 0.6) is 5.88 Å². The molecule has 0 saturated heterocycles. The van der Waals surface area contributed by atoms with Gasteiger partial charge in [-0.1, -0.05) is 30.7 Å². The van der Waals surface area contributed by atoms with Crippen LogP contribution in [0.3, 0.4) is 0 Å². The van der Waals surface area contributed by atoms with Crippen molar-refractivity contribution >= 4 is 28.0 Å². The van der Waals surface area contributed by atoms with Crippen LogP contribution in [0.25, 0.3) is 11.3 Å². The van der Waals surface area contributed by atoms with Gasteiger partial charge in [-0.2, -0.15) is 18.2 Å². The average Bonchev–Trinajstić information content (AvgIpc) is 3.79. The van der Waals surface area contributed by atoms with Crippen LogP contribution in [0.15, 0.2) is 53.4 Å². The number of nitrogens with one attached hydrogen (secondary N) is 1. The number of fused-ring (bicyclic) bond motifs is 4. The molecular formula is C38H50F3N5O6S. The van der Waals surface area contributed by atoms with Crippen LogP contribution in [0.2, 0.25) is 0 Å². The number of sulfonamides is 1. The zero-order valence-corrected chi connectivity index (χ0v) is 31.4. The number of ether oxygens (including phenoxy) is 2. The molecule has 4 bridgehead atoms. The fourth-order valence-corrected chi connectivity index (χ4v) is 8.78. The minimum absolute atomic E-state index is 0. The average molecular weight is 762 g/mol. The highest BCUT2D eigenvalue weighted by atomic mass is 32.2. The minimum Gasteiger partial charge on any atom is -0.475 e. The van der Waals surface area contributed by atoms with E-state index in [1.54, 1.807) is 31.7 Å². The Balaban J connectivity index is 0.000000609. The topological polar surface area (TPSA) is 154 Å². The summed E-state index contributed by atoms with van der Waals surface area (Å²) in [4.78, 5) is 34.5. The van der Waals surface area contributed by atoms with E-state index in [1.165, 1.54) is 24.3 Å². The third-order valence-electron chi connectivity index (χ3n) is 10.7. The van der Waals surface area contributed by atoms with E-state index in [-0.39, 0.29) is 62.5 Å². The van der Waals surface area contributed by atoms with Crippen LogP contribution < -0.4 is 15.2 Å². The Morgan fingerprint density at radius 3 is 2.21 bits per heavy atom. The summed E-state index contributed by atoms with van der Waals surface area (Å²) < 4.78 is 83.4. The number of amides is 2. The van der Waals surface area contributed by atoms with Gasteiger partial charge in [0, 0.05) is 26.1 Å². The third kappa shape index (κ3) is 8.24. The molecule has 3 aromatic rings. The van der Waals surface area contributed by atoms with Gasteiger partial charge in [0.15, 0.2) is 0 Å². The molecule has 0 unspecified atom stereocenters. The maximum atomic E-state index is 14.4. The number of nitrogens with two attached hydrogens (primary N) is 1. The molecule has 2 heterocycles. The Morgan fingerprint density at radius 2 is 1.68 bits per heavy atom. The number of anilines is 1. The number of aromatic nitrogens is 2.